The first-order valence-electron chi connectivity index (χ1n) is 6.66. The van der Waals surface area contributed by atoms with Gasteiger partial charge in [-0.25, -0.2) is 8.42 Å². The lowest BCUT2D eigenvalue weighted by molar-refractivity contribution is 0.162. The van der Waals surface area contributed by atoms with Crippen LogP contribution in [0.3, 0.4) is 0 Å². The van der Waals surface area contributed by atoms with Crippen LogP contribution >= 0.6 is 11.6 Å². The maximum atomic E-state index is 12.7. The molecule has 1 aromatic rings. The predicted molar refractivity (Wildman–Crippen MR) is 78.4 cm³/mol. The van der Waals surface area contributed by atoms with Crippen LogP contribution in [0.4, 0.5) is 0 Å². The highest BCUT2D eigenvalue weighted by molar-refractivity contribution is 7.89. The van der Waals surface area contributed by atoms with Crippen LogP contribution in [0.1, 0.15) is 32.4 Å². The third-order valence-electron chi connectivity index (χ3n) is 3.20. The van der Waals surface area contributed by atoms with E-state index in [-0.39, 0.29) is 17.0 Å². The molecular formula is C13H22ClNO4S. The van der Waals surface area contributed by atoms with Crippen LogP contribution in [0, 0.1) is 0 Å². The van der Waals surface area contributed by atoms with Gasteiger partial charge in [0.25, 0.3) is 10.0 Å². The summed E-state index contributed by atoms with van der Waals surface area (Å²) >= 11 is 5.65. The first-order valence-corrected chi connectivity index (χ1v) is 8.64. The molecule has 7 heteroatoms. The van der Waals surface area contributed by atoms with Crippen LogP contribution < -0.4 is 0 Å². The fraction of sp³-hybridized carbons (Fsp3) is 0.692. The minimum absolute atomic E-state index is 0.0591. The van der Waals surface area contributed by atoms with E-state index >= 15 is 0 Å². The maximum Gasteiger partial charge on any atom is 0.276 e. The second-order valence-corrected chi connectivity index (χ2v) is 6.52. The summed E-state index contributed by atoms with van der Waals surface area (Å²) in [6.45, 7) is 4.59. The van der Waals surface area contributed by atoms with Gasteiger partial charge in [0, 0.05) is 19.7 Å². The van der Waals surface area contributed by atoms with Crippen molar-refractivity contribution in [2.75, 3.05) is 20.3 Å². The minimum atomic E-state index is -3.66. The Morgan fingerprint density at radius 1 is 1.35 bits per heavy atom. The molecule has 0 N–H and O–H groups in total. The quantitative estimate of drug-likeness (QED) is 0.656. The van der Waals surface area contributed by atoms with Crippen LogP contribution in [0.5, 0.6) is 0 Å². The monoisotopic (exact) mass is 323 g/mol. The van der Waals surface area contributed by atoms with E-state index < -0.39 is 10.0 Å². The Morgan fingerprint density at radius 2 is 2.00 bits per heavy atom. The van der Waals surface area contributed by atoms with Crippen molar-refractivity contribution in [3.8, 4) is 0 Å². The number of sulfonamides is 1. The Balaban J connectivity index is 3.08. The second-order valence-electron chi connectivity index (χ2n) is 4.43. The van der Waals surface area contributed by atoms with Gasteiger partial charge in [-0.3, -0.25) is 0 Å². The molecule has 0 saturated heterocycles. The van der Waals surface area contributed by atoms with Gasteiger partial charge in [-0.2, -0.15) is 4.31 Å². The number of rotatable bonds is 9. The molecule has 1 heterocycles. The van der Waals surface area contributed by atoms with Crippen molar-refractivity contribution >= 4 is 21.6 Å². The van der Waals surface area contributed by atoms with Gasteiger partial charge in [0.2, 0.25) is 5.09 Å². The maximum absolute atomic E-state index is 12.7. The second kappa shape index (κ2) is 8.02. The summed E-state index contributed by atoms with van der Waals surface area (Å²) in [6, 6.07) is 2.97. The Hall–Kier alpha value is -0.560. The normalized spacial score (nSPS) is 12.5. The van der Waals surface area contributed by atoms with Gasteiger partial charge in [0.15, 0.2) is 0 Å². The molecule has 0 aliphatic rings. The van der Waals surface area contributed by atoms with Crippen molar-refractivity contribution < 1.29 is 17.6 Å². The number of ether oxygens (including phenoxy) is 1. The molecule has 0 radical (unpaired) electrons. The molecule has 0 amide bonds. The molecule has 1 aromatic heterocycles. The van der Waals surface area contributed by atoms with E-state index in [0.29, 0.717) is 18.9 Å². The summed E-state index contributed by atoms with van der Waals surface area (Å²) in [6.07, 6.45) is 1.48. The first kappa shape index (κ1) is 17.5. The summed E-state index contributed by atoms with van der Waals surface area (Å²) in [5.41, 5.74) is 0. The molecule has 116 valence electrons. The fourth-order valence-electron chi connectivity index (χ4n) is 2.06. The lowest BCUT2D eigenvalue weighted by atomic mass is 10.2. The van der Waals surface area contributed by atoms with Gasteiger partial charge in [0.1, 0.15) is 5.76 Å². The van der Waals surface area contributed by atoms with Crippen molar-refractivity contribution in [1.29, 1.82) is 0 Å². The van der Waals surface area contributed by atoms with Crippen molar-refractivity contribution in [2.24, 2.45) is 0 Å². The lowest BCUT2D eigenvalue weighted by Crippen LogP contribution is -2.41. The van der Waals surface area contributed by atoms with E-state index in [2.05, 4.69) is 0 Å². The highest BCUT2D eigenvalue weighted by Gasteiger charge is 2.31. The van der Waals surface area contributed by atoms with E-state index in [9.17, 15) is 8.42 Å². The molecule has 0 aliphatic carbocycles. The Labute approximate surface area is 125 Å². The van der Waals surface area contributed by atoms with Gasteiger partial charge in [-0.15, -0.1) is 11.6 Å². The molecule has 0 unspecified atom stereocenters. The van der Waals surface area contributed by atoms with E-state index in [1.165, 1.54) is 10.4 Å². The van der Waals surface area contributed by atoms with Gasteiger partial charge in [-0.05, 0) is 25.0 Å². The third-order valence-corrected chi connectivity index (χ3v) is 5.29. The molecule has 0 bridgehead atoms. The highest BCUT2D eigenvalue weighted by atomic mass is 35.5. The van der Waals surface area contributed by atoms with Crippen molar-refractivity contribution in [2.45, 2.75) is 43.7 Å². The average Bonchev–Trinajstić information content (AvgIpc) is 2.93. The molecule has 1 rings (SSSR count). The van der Waals surface area contributed by atoms with Crippen molar-refractivity contribution in [3.05, 3.63) is 17.9 Å². The van der Waals surface area contributed by atoms with Crippen LogP contribution in [0.15, 0.2) is 21.6 Å². The number of halogens is 1. The summed E-state index contributed by atoms with van der Waals surface area (Å²) < 4.78 is 37.1. The van der Waals surface area contributed by atoms with Gasteiger partial charge < -0.3 is 9.15 Å². The van der Waals surface area contributed by atoms with Crippen LogP contribution in [0.25, 0.3) is 0 Å². The van der Waals surface area contributed by atoms with Gasteiger partial charge >= 0.3 is 0 Å². The molecule has 20 heavy (non-hydrogen) atoms. The van der Waals surface area contributed by atoms with Crippen LogP contribution in [0.2, 0.25) is 0 Å². The smallest absolute Gasteiger partial charge is 0.276 e. The average molecular weight is 324 g/mol. The molecule has 0 aromatic carbocycles. The lowest BCUT2D eigenvalue weighted by Gasteiger charge is -2.28. The summed E-state index contributed by atoms with van der Waals surface area (Å²) in [4.78, 5) is 0. The molecule has 0 fully saturated rings. The van der Waals surface area contributed by atoms with E-state index in [4.69, 9.17) is 20.8 Å². The van der Waals surface area contributed by atoms with E-state index in [1.807, 2.05) is 13.8 Å². The van der Waals surface area contributed by atoms with Crippen LogP contribution in [-0.4, -0.2) is 39.0 Å². The first-order chi connectivity index (χ1) is 9.51. The highest BCUT2D eigenvalue weighted by Crippen LogP contribution is 2.23. The van der Waals surface area contributed by atoms with Gasteiger partial charge in [0.05, 0.1) is 12.5 Å². The number of methoxy groups -OCH3 is 1. The SMILES string of the molecule is CCC(CC)N(CCOC)S(=O)(=O)c1ccc(CCl)o1. The standard InChI is InChI=1S/C13H22ClNO4S/c1-4-11(5-2)15(8-9-18-3)20(16,17)13-7-6-12(10-14)19-13/h6-7,11H,4-5,8-10H2,1-3H3. The van der Waals surface area contributed by atoms with E-state index in [0.717, 1.165) is 12.8 Å². The summed E-state index contributed by atoms with van der Waals surface area (Å²) in [7, 11) is -2.11. The van der Waals surface area contributed by atoms with Crippen molar-refractivity contribution in [1.82, 2.24) is 4.31 Å². The molecule has 0 saturated carbocycles. The zero-order valence-electron chi connectivity index (χ0n) is 12.1. The minimum Gasteiger partial charge on any atom is -0.447 e. The Bertz CT molecular complexity index is 496. The Kier molecular flexibility index (Phi) is 7.02. The number of hydrogen-bond donors (Lipinski definition) is 0. The number of alkyl halides is 1. The zero-order chi connectivity index (χ0) is 15.2. The largest absolute Gasteiger partial charge is 0.447 e. The number of furan rings is 1. The molecule has 0 atom stereocenters. The predicted octanol–water partition coefficient (Wildman–Crippen LogP) is 2.84. The number of hydrogen-bond acceptors (Lipinski definition) is 4. The molecular weight excluding hydrogens is 302 g/mol. The van der Waals surface area contributed by atoms with Crippen LogP contribution in [-0.2, 0) is 20.6 Å². The molecule has 5 nitrogen and oxygen atoms in total. The number of nitrogens with zero attached hydrogens (tertiary/aromatic N) is 1. The topological polar surface area (TPSA) is 59.8 Å². The molecule has 0 aliphatic heterocycles. The Morgan fingerprint density at radius 3 is 2.45 bits per heavy atom. The summed E-state index contributed by atoms with van der Waals surface area (Å²) in [5.74, 6) is 0.597. The zero-order valence-corrected chi connectivity index (χ0v) is 13.7. The van der Waals surface area contributed by atoms with Crippen molar-refractivity contribution in [3.63, 3.8) is 0 Å². The molecule has 0 spiro atoms. The third kappa shape index (κ3) is 3.97. The summed E-state index contributed by atoms with van der Waals surface area (Å²) in [5, 5.41) is -0.0591. The van der Waals surface area contributed by atoms with E-state index in [1.54, 1.807) is 13.2 Å². The fourth-order valence-corrected chi connectivity index (χ4v) is 3.89. The van der Waals surface area contributed by atoms with Gasteiger partial charge in [-0.1, -0.05) is 13.8 Å².